The average molecular weight is 212 g/mol. The van der Waals surface area contributed by atoms with E-state index in [2.05, 4.69) is 27.5 Å². The fourth-order valence-corrected chi connectivity index (χ4v) is 2.02. The lowest BCUT2D eigenvalue weighted by Gasteiger charge is -2.14. The molecular weight excluding hydrogens is 196 g/mol. The van der Waals surface area contributed by atoms with Crippen molar-refractivity contribution in [2.24, 2.45) is 0 Å². The molecule has 0 amide bonds. The zero-order valence-electron chi connectivity index (χ0n) is 8.66. The van der Waals surface area contributed by atoms with Crippen molar-refractivity contribution in [2.75, 3.05) is 25.5 Å². The Hall–Kier alpha value is -0.680. The molecule has 1 N–H and O–H groups in total. The maximum absolute atomic E-state index is 4.01. The van der Waals surface area contributed by atoms with Crippen molar-refractivity contribution in [3.05, 3.63) is 5.01 Å². The predicted molar refractivity (Wildman–Crippen MR) is 58.8 cm³/mol. The topological polar surface area (TPSA) is 41.1 Å². The highest BCUT2D eigenvalue weighted by Crippen LogP contribution is 2.24. The van der Waals surface area contributed by atoms with E-state index in [9.17, 15) is 0 Å². The molecule has 1 aromatic rings. The summed E-state index contributed by atoms with van der Waals surface area (Å²) in [5.41, 5.74) is 0. The smallest absolute Gasteiger partial charge is 0.205 e. The first-order valence-electron chi connectivity index (χ1n) is 5.00. The Kier molecular flexibility index (Phi) is 2.98. The minimum Gasteiger partial charge on any atom is -0.359 e. The first-order chi connectivity index (χ1) is 6.75. The van der Waals surface area contributed by atoms with E-state index in [0.29, 0.717) is 0 Å². The van der Waals surface area contributed by atoms with Crippen molar-refractivity contribution >= 4 is 16.5 Å². The number of nitrogens with zero attached hydrogens (tertiary/aromatic N) is 3. The van der Waals surface area contributed by atoms with Gasteiger partial charge in [-0.05, 0) is 26.8 Å². The molecule has 4 nitrogen and oxygen atoms in total. The Balaban J connectivity index is 1.67. The Morgan fingerprint density at radius 1 is 1.50 bits per heavy atom. The first-order valence-corrected chi connectivity index (χ1v) is 5.81. The molecule has 1 heterocycles. The zero-order valence-corrected chi connectivity index (χ0v) is 9.47. The van der Waals surface area contributed by atoms with Crippen LogP contribution in [-0.4, -0.2) is 41.3 Å². The maximum atomic E-state index is 4.01. The van der Waals surface area contributed by atoms with Crippen LogP contribution in [0.25, 0.3) is 0 Å². The van der Waals surface area contributed by atoms with Gasteiger partial charge >= 0.3 is 0 Å². The summed E-state index contributed by atoms with van der Waals surface area (Å²) in [6.45, 7) is 4.02. The third kappa shape index (κ3) is 2.65. The summed E-state index contributed by atoms with van der Waals surface area (Å²) in [5.74, 6) is 0. The average Bonchev–Trinajstić information content (AvgIpc) is 2.92. The van der Waals surface area contributed by atoms with E-state index in [-0.39, 0.29) is 0 Å². The maximum Gasteiger partial charge on any atom is 0.205 e. The summed E-state index contributed by atoms with van der Waals surface area (Å²) in [4.78, 5) is 2.40. The summed E-state index contributed by atoms with van der Waals surface area (Å²) in [7, 11) is 2.19. The summed E-state index contributed by atoms with van der Waals surface area (Å²) in [5, 5.41) is 13.2. The number of nitrogens with one attached hydrogen (secondary N) is 1. The minimum atomic E-state index is 0.841. The molecule has 0 atom stereocenters. The Morgan fingerprint density at radius 2 is 2.29 bits per heavy atom. The van der Waals surface area contributed by atoms with E-state index in [0.717, 1.165) is 29.3 Å². The van der Waals surface area contributed by atoms with Gasteiger partial charge in [0.25, 0.3) is 0 Å². The Bertz CT molecular complexity index is 295. The number of aryl methyl sites for hydroxylation is 1. The summed E-state index contributed by atoms with van der Waals surface area (Å²) < 4.78 is 0. The standard InChI is InChI=1S/C9H16N4S/c1-7-11-12-9(14-7)10-5-6-13(2)8-3-4-8/h8H,3-6H2,1-2H3,(H,10,12). The molecule has 2 rings (SSSR count). The molecule has 0 aliphatic heterocycles. The van der Waals surface area contributed by atoms with Gasteiger partial charge in [-0.2, -0.15) is 0 Å². The van der Waals surface area contributed by atoms with Gasteiger partial charge in [0, 0.05) is 19.1 Å². The van der Waals surface area contributed by atoms with Gasteiger partial charge in [-0.25, -0.2) is 0 Å². The van der Waals surface area contributed by atoms with Gasteiger partial charge < -0.3 is 10.2 Å². The van der Waals surface area contributed by atoms with Crippen LogP contribution in [0.15, 0.2) is 0 Å². The van der Waals surface area contributed by atoms with Crippen molar-refractivity contribution < 1.29 is 0 Å². The van der Waals surface area contributed by atoms with Crippen LogP contribution in [-0.2, 0) is 0 Å². The molecule has 78 valence electrons. The highest BCUT2D eigenvalue weighted by atomic mass is 32.1. The number of hydrogen-bond donors (Lipinski definition) is 1. The van der Waals surface area contributed by atoms with Crippen molar-refractivity contribution in [3.63, 3.8) is 0 Å². The lowest BCUT2D eigenvalue weighted by Crippen LogP contribution is -2.26. The molecule has 1 aliphatic rings. The van der Waals surface area contributed by atoms with Gasteiger partial charge in [0.15, 0.2) is 0 Å². The van der Waals surface area contributed by atoms with Crippen LogP contribution in [0.4, 0.5) is 5.13 Å². The molecule has 0 radical (unpaired) electrons. The Labute approximate surface area is 88.3 Å². The van der Waals surface area contributed by atoms with Crippen molar-refractivity contribution in [1.29, 1.82) is 0 Å². The molecule has 0 saturated heterocycles. The molecule has 1 saturated carbocycles. The molecular formula is C9H16N4S. The summed E-state index contributed by atoms with van der Waals surface area (Å²) >= 11 is 1.61. The van der Waals surface area contributed by atoms with Gasteiger partial charge in [0.2, 0.25) is 5.13 Å². The van der Waals surface area contributed by atoms with E-state index < -0.39 is 0 Å². The number of likely N-dealkylation sites (N-methyl/N-ethyl adjacent to an activating group) is 1. The van der Waals surface area contributed by atoms with Crippen molar-refractivity contribution in [1.82, 2.24) is 15.1 Å². The molecule has 1 aliphatic carbocycles. The lowest BCUT2D eigenvalue weighted by molar-refractivity contribution is 0.337. The molecule has 14 heavy (non-hydrogen) atoms. The molecule has 0 bridgehead atoms. The minimum absolute atomic E-state index is 0.841. The Morgan fingerprint density at radius 3 is 2.86 bits per heavy atom. The van der Waals surface area contributed by atoms with Gasteiger partial charge in [0.1, 0.15) is 5.01 Å². The number of aromatic nitrogens is 2. The van der Waals surface area contributed by atoms with Crippen LogP contribution < -0.4 is 5.32 Å². The quantitative estimate of drug-likeness (QED) is 0.800. The predicted octanol–water partition coefficient (Wildman–Crippen LogP) is 1.35. The second-order valence-corrected chi connectivity index (χ2v) is 4.95. The van der Waals surface area contributed by atoms with E-state index in [4.69, 9.17) is 0 Å². The second kappa shape index (κ2) is 4.23. The van der Waals surface area contributed by atoms with Crippen LogP contribution in [0.3, 0.4) is 0 Å². The molecule has 1 aromatic heterocycles. The third-order valence-electron chi connectivity index (χ3n) is 2.44. The second-order valence-electron chi connectivity index (χ2n) is 3.76. The van der Waals surface area contributed by atoms with Crippen LogP contribution >= 0.6 is 11.3 Å². The van der Waals surface area contributed by atoms with E-state index in [1.165, 1.54) is 12.8 Å². The van der Waals surface area contributed by atoms with Crippen LogP contribution in [0.5, 0.6) is 0 Å². The van der Waals surface area contributed by atoms with Crippen LogP contribution in [0.2, 0.25) is 0 Å². The fourth-order valence-electron chi connectivity index (χ4n) is 1.41. The SMILES string of the molecule is Cc1nnc(NCCN(C)C2CC2)s1. The van der Waals surface area contributed by atoms with E-state index >= 15 is 0 Å². The fraction of sp³-hybridized carbons (Fsp3) is 0.778. The molecule has 0 unspecified atom stereocenters. The molecule has 0 spiro atoms. The first kappa shape index (κ1) is 9.86. The largest absolute Gasteiger partial charge is 0.359 e. The highest BCUT2D eigenvalue weighted by Gasteiger charge is 2.25. The summed E-state index contributed by atoms with van der Waals surface area (Å²) in [6, 6.07) is 0.841. The van der Waals surface area contributed by atoms with Gasteiger partial charge in [-0.3, -0.25) is 0 Å². The monoisotopic (exact) mass is 212 g/mol. The normalized spacial score (nSPS) is 16.2. The van der Waals surface area contributed by atoms with E-state index in [1.807, 2.05) is 6.92 Å². The molecule has 0 aromatic carbocycles. The van der Waals surface area contributed by atoms with Crippen molar-refractivity contribution in [3.8, 4) is 0 Å². The van der Waals surface area contributed by atoms with Gasteiger partial charge in [-0.1, -0.05) is 11.3 Å². The number of anilines is 1. The van der Waals surface area contributed by atoms with E-state index in [1.54, 1.807) is 11.3 Å². The summed E-state index contributed by atoms with van der Waals surface area (Å²) in [6.07, 6.45) is 2.74. The molecule has 5 heteroatoms. The van der Waals surface area contributed by atoms with Crippen LogP contribution in [0, 0.1) is 6.92 Å². The van der Waals surface area contributed by atoms with Crippen molar-refractivity contribution in [2.45, 2.75) is 25.8 Å². The highest BCUT2D eigenvalue weighted by molar-refractivity contribution is 7.15. The zero-order chi connectivity index (χ0) is 9.97. The van der Waals surface area contributed by atoms with Crippen LogP contribution in [0.1, 0.15) is 17.8 Å². The lowest BCUT2D eigenvalue weighted by atomic mass is 10.5. The van der Waals surface area contributed by atoms with Gasteiger partial charge in [-0.15, -0.1) is 10.2 Å². The number of rotatable bonds is 5. The third-order valence-corrected chi connectivity index (χ3v) is 3.23. The van der Waals surface area contributed by atoms with Gasteiger partial charge in [0.05, 0.1) is 0 Å². The number of hydrogen-bond acceptors (Lipinski definition) is 5. The molecule has 1 fully saturated rings.